The van der Waals surface area contributed by atoms with Crippen molar-refractivity contribution in [1.82, 2.24) is 0 Å². The van der Waals surface area contributed by atoms with E-state index in [2.05, 4.69) is 20.8 Å². The zero-order valence-corrected chi connectivity index (χ0v) is 31.2. The summed E-state index contributed by atoms with van der Waals surface area (Å²) < 4.78 is 35.8. The van der Waals surface area contributed by atoms with E-state index in [1.165, 1.54) is 0 Å². The molecule has 284 valence electrons. The molecule has 0 aliphatic rings. The molecule has 0 aliphatic carbocycles. The average Bonchev–Trinajstić information content (AvgIpc) is 3.05. The van der Waals surface area contributed by atoms with Crippen LogP contribution in [-0.2, 0) is 28.4 Å². The molecule has 6 N–H and O–H groups in total. The lowest BCUT2D eigenvalue weighted by atomic mass is 9.91. The molecule has 3 atom stereocenters. The zero-order chi connectivity index (χ0) is 35.7. The van der Waals surface area contributed by atoms with Crippen LogP contribution < -0.4 is 5.73 Å². The lowest BCUT2D eigenvalue weighted by Gasteiger charge is -2.35. The Morgan fingerprint density at radius 1 is 0.532 bits per heavy atom. The Labute approximate surface area is 287 Å². The molecule has 0 aromatic rings. The fourth-order valence-electron chi connectivity index (χ4n) is 5.65. The Morgan fingerprint density at radius 2 is 1.04 bits per heavy atom. The molecule has 0 spiro atoms. The summed E-state index contributed by atoms with van der Waals surface area (Å²) in [6.07, 6.45) is 7.91. The maximum atomic E-state index is 10.6. The third kappa shape index (κ3) is 22.8. The van der Waals surface area contributed by atoms with Crippen molar-refractivity contribution in [3.63, 3.8) is 0 Å². The van der Waals surface area contributed by atoms with Crippen LogP contribution in [0.1, 0.15) is 126 Å². The second-order valence-electron chi connectivity index (χ2n) is 14.1. The Kier molecular flexibility index (Phi) is 26.1. The van der Waals surface area contributed by atoms with Gasteiger partial charge in [-0.05, 0) is 98.3 Å². The number of nitrogens with two attached hydrogens (primary N) is 1. The minimum absolute atomic E-state index is 0.0812. The first-order valence-corrected chi connectivity index (χ1v) is 18.3. The summed E-state index contributed by atoms with van der Waals surface area (Å²) in [5, 5.41) is 38.3. The van der Waals surface area contributed by atoms with Gasteiger partial charge in [0.2, 0.25) is 0 Å². The van der Waals surface area contributed by atoms with Crippen molar-refractivity contribution in [3.05, 3.63) is 0 Å². The second-order valence-corrected chi connectivity index (χ2v) is 14.1. The molecule has 0 aromatic heterocycles. The van der Waals surface area contributed by atoms with Crippen molar-refractivity contribution in [1.29, 1.82) is 0 Å². The molecule has 0 heterocycles. The second kappa shape index (κ2) is 26.4. The van der Waals surface area contributed by atoms with Gasteiger partial charge in [-0.1, -0.05) is 20.8 Å². The van der Waals surface area contributed by atoms with Gasteiger partial charge in [-0.25, -0.2) is 0 Å². The third-order valence-electron chi connectivity index (χ3n) is 9.00. The van der Waals surface area contributed by atoms with Crippen LogP contribution in [0.4, 0.5) is 0 Å². The van der Waals surface area contributed by atoms with Gasteiger partial charge in [0.1, 0.15) is 6.10 Å². The molecule has 0 radical (unpaired) electrons. The zero-order valence-electron chi connectivity index (χ0n) is 31.2. The number of aliphatic hydroxyl groups is 4. The Bertz CT molecular complexity index is 716. The van der Waals surface area contributed by atoms with Crippen LogP contribution in [0.25, 0.3) is 0 Å². The number of hydrogen-bond donors (Lipinski definition) is 5. The monoisotopic (exact) mass is 682 g/mol. The van der Waals surface area contributed by atoms with Crippen LogP contribution in [-0.4, -0.2) is 128 Å². The smallest absolute Gasteiger partial charge is 0.101 e. The Hall–Kier alpha value is -0.440. The summed E-state index contributed by atoms with van der Waals surface area (Å²) >= 11 is 0. The predicted octanol–water partition coefficient (Wildman–Crippen LogP) is 4.53. The molecule has 0 saturated heterocycles. The molecule has 0 bridgehead atoms. The highest BCUT2D eigenvalue weighted by atomic mass is 16.5. The number of hydrogen-bond acceptors (Lipinski definition) is 11. The van der Waals surface area contributed by atoms with E-state index in [4.69, 9.17) is 44.4 Å². The average molecular weight is 682 g/mol. The van der Waals surface area contributed by atoms with Gasteiger partial charge >= 0.3 is 0 Å². The van der Waals surface area contributed by atoms with Gasteiger partial charge in [0.15, 0.2) is 0 Å². The highest BCUT2D eigenvalue weighted by molar-refractivity contribution is 4.83. The summed E-state index contributed by atoms with van der Waals surface area (Å²) in [6.45, 7) is 18.4. The molecule has 0 saturated carbocycles. The molecule has 47 heavy (non-hydrogen) atoms. The van der Waals surface area contributed by atoms with E-state index < -0.39 is 23.4 Å². The lowest BCUT2D eigenvalue weighted by molar-refractivity contribution is -0.102. The van der Waals surface area contributed by atoms with Crippen molar-refractivity contribution in [2.45, 2.75) is 160 Å². The van der Waals surface area contributed by atoms with Crippen LogP contribution in [0.15, 0.2) is 0 Å². The first-order valence-electron chi connectivity index (χ1n) is 18.3. The summed E-state index contributed by atoms with van der Waals surface area (Å²) in [5.41, 5.74) is 4.76. The molecule has 0 rings (SSSR count). The molecule has 0 aliphatic heterocycles. The maximum Gasteiger partial charge on any atom is 0.101 e. The van der Waals surface area contributed by atoms with Gasteiger partial charge in [0.25, 0.3) is 0 Å². The highest BCUT2D eigenvalue weighted by Gasteiger charge is 2.31. The van der Waals surface area contributed by atoms with Crippen molar-refractivity contribution in [3.8, 4) is 0 Å². The maximum absolute atomic E-state index is 10.6. The van der Waals surface area contributed by atoms with Gasteiger partial charge in [-0.15, -0.1) is 0 Å². The third-order valence-corrected chi connectivity index (χ3v) is 9.00. The summed E-state index contributed by atoms with van der Waals surface area (Å²) in [6, 6.07) is 0. The van der Waals surface area contributed by atoms with Crippen molar-refractivity contribution < 1.29 is 48.8 Å². The van der Waals surface area contributed by atoms with Gasteiger partial charge in [0.05, 0.1) is 48.3 Å². The van der Waals surface area contributed by atoms with Crippen molar-refractivity contribution >= 4 is 0 Å². The first kappa shape index (κ1) is 46.6. The molecule has 0 amide bonds. The van der Waals surface area contributed by atoms with E-state index in [-0.39, 0.29) is 44.2 Å². The number of rotatable bonds is 34. The van der Waals surface area contributed by atoms with Crippen LogP contribution in [0, 0.1) is 0 Å². The van der Waals surface area contributed by atoms with E-state index in [0.717, 1.165) is 57.8 Å². The van der Waals surface area contributed by atoms with Crippen LogP contribution in [0.3, 0.4) is 0 Å². The van der Waals surface area contributed by atoms with Gasteiger partial charge in [-0.2, -0.15) is 0 Å². The normalized spacial score (nSPS) is 15.6. The largest absolute Gasteiger partial charge is 0.396 e. The Morgan fingerprint density at radius 3 is 1.60 bits per heavy atom. The first-order chi connectivity index (χ1) is 22.3. The van der Waals surface area contributed by atoms with Gasteiger partial charge in [0, 0.05) is 59.2 Å². The van der Waals surface area contributed by atoms with Crippen LogP contribution >= 0.6 is 0 Å². The van der Waals surface area contributed by atoms with Crippen molar-refractivity contribution in [2.24, 2.45) is 5.73 Å². The van der Waals surface area contributed by atoms with E-state index in [0.29, 0.717) is 58.8 Å². The molecular weight excluding hydrogens is 606 g/mol. The number of aliphatic hydroxyl groups excluding tert-OH is 4. The standard InChI is InChI=1S/C36H75NO10/c1-8-35(9-2,45-25-15-22-43-28-32(41)27-42-21-14-20-39)17-12-24-46-36(10-3,30-37)18-13-23-44-34(6,7)26-31(40)29-47-33(4,5)16-11-19-38/h31-32,38-41H,8-30,37H2,1-7H3. The fourth-order valence-corrected chi connectivity index (χ4v) is 5.65. The molecule has 11 nitrogen and oxygen atoms in total. The summed E-state index contributed by atoms with van der Waals surface area (Å²) in [4.78, 5) is 0. The molecule has 3 unspecified atom stereocenters. The quantitative estimate of drug-likeness (QED) is 0.0607. The topological polar surface area (TPSA) is 162 Å². The number of ether oxygens (including phenoxy) is 6. The fraction of sp³-hybridized carbons (Fsp3) is 1.00. The summed E-state index contributed by atoms with van der Waals surface area (Å²) in [5.74, 6) is 0. The molecular formula is C36H75NO10. The van der Waals surface area contributed by atoms with Crippen LogP contribution in [0.5, 0.6) is 0 Å². The minimum atomic E-state index is -0.672. The predicted molar refractivity (Wildman–Crippen MR) is 187 cm³/mol. The highest BCUT2D eigenvalue weighted by Crippen LogP contribution is 2.29. The minimum Gasteiger partial charge on any atom is -0.396 e. The van der Waals surface area contributed by atoms with Gasteiger partial charge < -0.3 is 54.6 Å². The van der Waals surface area contributed by atoms with Crippen molar-refractivity contribution in [2.75, 3.05) is 72.6 Å². The van der Waals surface area contributed by atoms with E-state index >= 15 is 0 Å². The molecule has 0 aromatic carbocycles. The van der Waals surface area contributed by atoms with E-state index in [1.54, 1.807) is 0 Å². The SMILES string of the molecule is CCC(CC)(CCCOC(CC)(CN)CCCOC(C)(C)CC(O)COC(C)(C)CCCO)OCCCOCC(O)COCCCO. The van der Waals surface area contributed by atoms with Crippen LogP contribution in [0.2, 0.25) is 0 Å². The molecule has 0 fully saturated rings. The molecule has 11 heteroatoms. The summed E-state index contributed by atoms with van der Waals surface area (Å²) in [7, 11) is 0. The van der Waals surface area contributed by atoms with E-state index in [9.17, 15) is 10.2 Å². The Balaban J connectivity index is 4.48. The lowest BCUT2D eigenvalue weighted by Crippen LogP contribution is -2.41. The van der Waals surface area contributed by atoms with E-state index in [1.807, 2.05) is 27.7 Å². The van der Waals surface area contributed by atoms with Gasteiger partial charge in [-0.3, -0.25) is 0 Å².